The molecular formula is C15H13NO3. The average molecular weight is 255 g/mol. The molecule has 19 heavy (non-hydrogen) atoms. The Labute approximate surface area is 110 Å². The van der Waals surface area contributed by atoms with Crippen molar-refractivity contribution in [2.75, 3.05) is 7.11 Å². The predicted octanol–water partition coefficient (Wildman–Crippen LogP) is 1.65. The number of nitrogens with one attached hydrogen (secondary N) is 1. The molecule has 2 atom stereocenters. The van der Waals surface area contributed by atoms with Gasteiger partial charge in [0, 0.05) is 11.6 Å². The fourth-order valence-corrected chi connectivity index (χ4v) is 2.45. The molecule has 0 bridgehead atoms. The van der Waals surface area contributed by atoms with Gasteiger partial charge < -0.3 is 15.0 Å². The number of benzene rings is 2. The predicted molar refractivity (Wildman–Crippen MR) is 70.5 cm³/mol. The van der Waals surface area contributed by atoms with Crippen molar-refractivity contribution < 1.29 is 14.6 Å². The first-order chi connectivity index (χ1) is 9.22. The zero-order valence-corrected chi connectivity index (χ0v) is 10.4. The van der Waals surface area contributed by atoms with E-state index in [0.717, 1.165) is 5.56 Å². The summed E-state index contributed by atoms with van der Waals surface area (Å²) in [6, 6.07) is 13.5. The highest BCUT2D eigenvalue weighted by Crippen LogP contribution is 2.30. The van der Waals surface area contributed by atoms with E-state index in [-0.39, 0.29) is 10.8 Å². The number of hydrogen-bond donors (Lipinski definition) is 1. The van der Waals surface area contributed by atoms with Crippen LogP contribution in [-0.4, -0.2) is 12.9 Å². The summed E-state index contributed by atoms with van der Waals surface area (Å²) in [7, 11) is 1.54. The van der Waals surface area contributed by atoms with Crippen LogP contribution >= 0.6 is 0 Å². The largest absolute Gasteiger partial charge is 0.628 e. The molecule has 1 heterocycles. The third-order valence-electron chi connectivity index (χ3n) is 3.41. The number of hydroxylamine groups is 1. The zero-order chi connectivity index (χ0) is 13.4. The second-order valence-corrected chi connectivity index (χ2v) is 4.48. The van der Waals surface area contributed by atoms with Gasteiger partial charge in [-0.3, -0.25) is 4.79 Å². The van der Waals surface area contributed by atoms with Gasteiger partial charge >= 0.3 is 0 Å². The first kappa shape index (κ1) is 11.9. The Kier molecular flexibility index (Phi) is 2.81. The molecule has 0 saturated heterocycles. The lowest BCUT2D eigenvalue weighted by atomic mass is 10.0. The van der Waals surface area contributed by atoms with Crippen molar-refractivity contribution in [3.63, 3.8) is 0 Å². The molecule has 2 aromatic rings. The highest BCUT2D eigenvalue weighted by Gasteiger charge is 2.39. The molecule has 3 rings (SSSR count). The van der Waals surface area contributed by atoms with Gasteiger partial charge in [0.2, 0.25) is 5.78 Å². The summed E-state index contributed by atoms with van der Waals surface area (Å²) in [5, 5.41) is 12.3. The van der Waals surface area contributed by atoms with E-state index in [1.807, 2.05) is 30.3 Å². The van der Waals surface area contributed by atoms with Crippen molar-refractivity contribution >= 4 is 11.5 Å². The Morgan fingerprint density at radius 3 is 2.58 bits per heavy atom. The maximum absolute atomic E-state index is 12.4. The van der Waals surface area contributed by atoms with Crippen LogP contribution in [0.1, 0.15) is 22.0 Å². The van der Waals surface area contributed by atoms with Gasteiger partial charge in [0.1, 0.15) is 11.4 Å². The lowest BCUT2D eigenvalue weighted by molar-refractivity contribution is -0.796. The molecule has 0 fully saturated rings. The number of hydrogen-bond acceptors (Lipinski definition) is 3. The third kappa shape index (κ3) is 1.82. The van der Waals surface area contributed by atoms with Crippen molar-refractivity contribution in [1.29, 1.82) is 0 Å². The van der Waals surface area contributed by atoms with E-state index in [1.54, 1.807) is 18.2 Å². The van der Waals surface area contributed by atoms with Crippen LogP contribution in [0, 0.1) is 5.21 Å². The number of quaternary nitrogens is 1. The van der Waals surface area contributed by atoms with E-state index in [0.29, 0.717) is 17.0 Å². The molecular weight excluding hydrogens is 242 g/mol. The normalized spacial score (nSPS) is 21.3. The number of carbonyl (C=O) groups is 1. The summed E-state index contributed by atoms with van der Waals surface area (Å²) in [5.74, 6) is 0.461. The second kappa shape index (κ2) is 4.50. The van der Waals surface area contributed by atoms with E-state index in [4.69, 9.17) is 4.74 Å². The smallest absolute Gasteiger partial charge is 0.231 e. The molecule has 2 aromatic carbocycles. The van der Waals surface area contributed by atoms with Crippen molar-refractivity contribution in [2.45, 2.75) is 6.04 Å². The number of ether oxygens (including phenoxy) is 1. The van der Waals surface area contributed by atoms with Gasteiger partial charge in [0.15, 0.2) is 6.04 Å². The number of methoxy groups -OCH3 is 1. The summed E-state index contributed by atoms with van der Waals surface area (Å²) in [6.07, 6.45) is 0. The minimum atomic E-state index is -0.705. The van der Waals surface area contributed by atoms with Gasteiger partial charge in [-0.1, -0.05) is 30.3 Å². The molecule has 2 unspecified atom stereocenters. The van der Waals surface area contributed by atoms with Crippen LogP contribution < -0.4 is 9.80 Å². The molecule has 1 aliphatic rings. The van der Waals surface area contributed by atoms with E-state index >= 15 is 0 Å². The average Bonchev–Trinajstić information content (AvgIpc) is 2.71. The number of rotatable bonds is 2. The molecule has 0 amide bonds. The Morgan fingerprint density at radius 1 is 1.16 bits per heavy atom. The maximum atomic E-state index is 12.4. The summed E-state index contributed by atoms with van der Waals surface area (Å²) in [6.45, 7) is 0. The van der Waals surface area contributed by atoms with E-state index < -0.39 is 6.04 Å². The molecule has 4 nitrogen and oxygen atoms in total. The molecule has 0 aliphatic carbocycles. The van der Waals surface area contributed by atoms with Crippen molar-refractivity contribution in [3.05, 3.63) is 64.9 Å². The standard InChI is InChI=1S/C15H13NO3/c1-19-11-7-8-12-13(9-11)16(18)14(15(12)17)10-5-3-2-4-6-10/h2-9,14,16H,1H3. The molecule has 4 heteroatoms. The van der Waals surface area contributed by atoms with Crippen LogP contribution in [0.3, 0.4) is 0 Å². The van der Waals surface area contributed by atoms with Crippen LogP contribution in [0.15, 0.2) is 48.5 Å². The molecule has 96 valence electrons. The molecule has 1 aliphatic heterocycles. The fourth-order valence-electron chi connectivity index (χ4n) is 2.45. The van der Waals surface area contributed by atoms with Crippen molar-refractivity contribution in [1.82, 2.24) is 0 Å². The van der Waals surface area contributed by atoms with Gasteiger partial charge in [0.05, 0.1) is 12.7 Å². The van der Waals surface area contributed by atoms with Gasteiger partial charge in [-0.25, -0.2) is 0 Å². The zero-order valence-electron chi connectivity index (χ0n) is 10.4. The lowest BCUT2D eigenvalue weighted by Gasteiger charge is -2.23. The van der Waals surface area contributed by atoms with Gasteiger partial charge in [0.25, 0.3) is 0 Å². The molecule has 0 radical (unpaired) electrons. The lowest BCUT2D eigenvalue weighted by Crippen LogP contribution is -3.01. The van der Waals surface area contributed by atoms with Crippen LogP contribution in [0.2, 0.25) is 0 Å². The minimum Gasteiger partial charge on any atom is -0.628 e. The quantitative estimate of drug-likeness (QED) is 0.830. The number of carbonyl (C=O) groups excluding carboxylic acids is 1. The van der Waals surface area contributed by atoms with Crippen molar-refractivity contribution in [2.24, 2.45) is 0 Å². The Bertz CT molecular complexity index is 625. The number of fused-ring (bicyclic) bond motifs is 1. The van der Waals surface area contributed by atoms with Crippen molar-refractivity contribution in [3.8, 4) is 5.75 Å². The summed E-state index contributed by atoms with van der Waals surface area (Å²) < 4.78 is 5.10. The minimum absolute atomic E-state index is 0.131. The number of ketones is 1. The topological polar surface area (TPSA) is 53.8 Å². The molecule has 0 saturated carbocycles. The summed E-state index contributed by atoms with van der Waals surface area (Å²) >= 11 is 0. The summed E-state index contributed by atoms with van der Waals surface area (Å²) in [5.41, 5.74) is 1.69. The van der Waals surface area contributed by atoms with Gasteiger partial charge in [-0.2, -0.15) is 0 Å². The highest BCUT2D eigenvalue weighted by molar-refractivity contribution is 6.05. The van der Waals surface area contributed by atoms with E-state index in [2.05, 4.69) is 0 Å². The third-order valence-corrected chi connectivity index (χ3v) is 3.41. The maximum Gasteiger partial charge on any atom is 0.231 e. The number of Topliss-reactive ketones (excluding diaryl/α,β-unsaturated/α-hetero) is 1. The van der Waals surface area contributed by atoms with Crippen LogP contribution in [0.5, 0.6) is 5.75 Å². The van der Waals surface area contributed by atoms with Gasteiger partial charge in [-0.05, 0) is 12.1 Å². The molecule has 0 aromatic heterocycles. The first-order valence-electron chi connectivity index (χ1n) is 6.04. The van der Waals surface area contributed by atoms with Crippen LogP contribution in [-0.2, 0) is 0 Å². The Hall–Kier alpha value is -2.17. The fraction of sp³-hybridized carbons (Fsp3) is 0.133. The first-order valence-corrected chi connectivity index (χ1v) is 6.04. The molecule has 1 N–H and O–H groups in total. The summed E-state index contributed by atoms with van der Waals surface area (Å²) in [4.78, 5) is 12.3. The van der Waals surface area contributed by atoms with E-state index in [9.17, 15) is 10.0 Å². The highest BCUT2D eigenvalue weighted by atomic mass is 16.5. The second-order valence-electron chi connectivity index (χ2n) is 4.48. The Morgan fingerprint density at radius 2 is 1.89 bits per heavy atom. The van der Waals surface area contributed by atoms with Crippen LogP contribution in [0.25, 0.3) is 0 Å². The van der Waals surface area contributed by atoms with Gasteiger partial charge in [-0.15, -0.1) is 0 Å². The molecule has 0 spiro atoms. The monoisotopic (exact) mass is 255 g/mol. The van der Waals surface area contributed by atoms with Crippen LogP contribution in [0.4, 0.5) is 5.69 Å². The van der Waals surface area contributed by atoms with E-state index in [1.165, 1.54) is 7.11 Å². The SMILES string of the molecule is COc1ccc2c(c1)[NH+]([O-])C(c1ccccc1)C2=O. The Balaban J connectivity index is 2.07.